The van der Waals surface area contributed by atoms with Crippen molar-refractivity contribution >= 4 is 0 Å². The van der Waals surface area contributed by atoms with E-state index in [0.29, 0.717) is 0 Å². The molecule has 0 fully saturated rings. The normalized spacial score (nSPS) is 10.6. The molecule has 1 N–H and O–H groups in total. The van der Waals surface area contributed by atoms with E-state index in [1.54, 1.807) is 19.8 Å². The van der Waals surface area contributed by atoms with Crippen LogP contribution in [0.3, 0.4) is 0 Å². The summed E-state index contributed by atoms with van der Waals surface area (Å²) in [5.74, 6) is 0. The highest BCUT2D eigenvalue weighted by molar-refractivity contribution is 4.56. The fourth-order valence-corrected chi connectivity index (χ4v) is 1.17. The zero-order valence-electron chi connectivity index (χ0n) is 8.65. The maximum atomic E-state index is 4.92. The third kappa shape index (κ3) is 4.94. The summed E-state index contributed by atoms with van der Waals surface area (Å²) in [6.07, 6.45) is 5.60. The van der Waals surface area contributed by atoms with Gasteiger partial charge in [-0.2, -0.15) is 5.10 Å². The van der Waals surface area contributed by atoms with Crippen LogP contribution in [0.1, 0.15) is 12.8 Å². The summed E-state index contributed by atoms with van der Waals surface area (Å²) >= 11 is 0. The first-order valence-electron chi connectivity index (χ1n) is 4.95. The van der Waals surface area contributed by atoms with E-state index in [1.807, 2.05) is 4.68 Å². The Bertz CT molecular complexity index is 213. The van der Waals surface area contributed by atoms with Gasteiger partial charge in [0.25, 0.3) is 0 Å². The van der Waals surface area contributed by atoms with Gasteiger partial charge in [0.05, 0.1) is 6.61 Å². The maximum absolute atomic E-state index is 4.92. The maximum Gasteiger partial charge on any atom is 0.137 e. The molecule has 1 aromatic heterocycles. The van der Waals surface area contributed by atoms with Crippen molar-refractivity contribution < 1.29 is 4.74 Å². The number of hydrogen-bond acceptors (Lipinski definition) is 4. The second-order valence-corrected chi connectivity index (χ2v) is 3.11. The number of hydrogen-bond donors (Lipinski definition) is 1. The lowest BCUT2D eigenvalue weighted by molar-refractivity contribution is 0.199. The van der Waals surface area contributed by atoms with Gasteiger partial charge in [-0.3, -0.25) is 4.68 Å². The first-order chi connectivity index (χ1) is 6.93. The van der Waals surface area contributed by atoms with Crippen LogP contribution in [-0.4, -0.2) is 41.6 Å². The predicted octanol–water partition coefficient (Wildman–Crippen LogP) is 0.294. The lowest BCUT2D eigenvalue weighted by atomic mass is 10.3. The molecule has 5 nitrogen and oxygen atoms in total. The summed E-state index contributed by atoms with van der Waals surface area (Å²) < 4.78 is 6.78. The molecule has 0 aromatic carbocycles. The Labute approximate surface area is 84.5 Å². The van der Waals surface area contributed by atoms with Gasteiger partial charge in [0, 0.05) is 20.2 Å². The molecule has 0 radical (unpaired) electrons. The molecule has 1 aromatic rings. The van der Waals surface area contributed by atoms with Crippen molar-refractivity contribution in [3.05, 3.63) is 12.7 Å². The SMILES string of the molecule is COCCNCCCCn1cncn1. The lowest BCUT2D eigenvalue weighted by Gasteiger charge is -2.03. The van der Waals surface area contributed by atoms with E-state index in [1.165, 1.54) is 0 Å². The molecule has 1 heterocycles. The van der Waals surface area contributed by atoms with E-state index >= 15 is 0 Å². The standard InChI is InChI=1S/C9H18N4O/c1-14-7-5-10-4-2-3-6-13-9-11-8-12-13/h8-10H,2-7H2,1H3. The molecule has 14 heavy (non-hydrogen) atoms. The molecule has 5 heteroatoms. The van der Waals surface area contributed by atoms with E-state index in [-0.39, 0.29) is 0 Å². The lowest BCUT2D eigenvalue weighted by Crippen LogP contribution is -2.20. The smallest absolute Gasteiger partial charge is 0.137 e. The van der Waals surface area contributed by atoms with E-state index in [2.05, 4.69) is 15.4 Å². The molecule has 0 amide bonds. The molecular formula is C9H18N4O. The van der Waals surface area contributed by atoms with Gasteiger partial charge < -0.3 is 10.1 Å². The number of aryl methyl sites for hydroxylation is 1. The zero-order chi connectivity index (χ0) is 10.1. The van der Waals surface area contributed by atoms with Crippen LogP contribution in [0.4, 0.5) is 0 Å². The third-order valence-corrected chi connectivity index (χ3v) is 1.94. The largest absolute Gasteiger partial charge is 0.383 e. The van der Waals surface area contributed by atoms with Gasteiger partial charge in [-0.1, -0.05) is 0 Å². The van der Waals surface area contributed by atoms with Crippen LogP contribution < -0.4 is 5.32 Å². The van der Waals surface area contributed by atoms with E-state index in [9.17, 15) is 0 Å². The molecule has 0 saturated heterocycles. The molecule has 0 atom stereocenters. The summed E-state index contributed by atoms with van der Waals surface area (Å²) in [7, 11) is 1.71. The highest BCUT2D eigenvalue weighted by atomic mass is 16.5. The summed E-state index contributed by atoms with van der Waals surface area (Å²) in [4.78, 5) is 3.88. The number of nitrogens with zero attached hydrogens (tertiary/aromatic N) is 3. The second kappa shape index (κ2) is 7.46. The van der Waals surface area contributed by atoms with Crippen LogP contribution in [-0.2, 0) is 11.3 Å². The molecule has 0 aliphatic heterocycles. The van der Waals surface area contributed by atoms with Crippen molar-refractivity contribution in [1.82, 2.24) is 20.1 Å². The molecule has 0 unspecified atom stereocenters. The molecule has 0 spiro atoms. The molecule has 0 saturated carbocycles. The predicted molar refractivity (Wildman–Crippen MR) is 54.0 cm³/mol. The topological polar surface area (TPSA) is 52.0 Å². The number of rotatable bonds is 8. The van der Waals surface area contributed by atoms with E-state index in [4.69, 9.17) is 4.74 Å². The van der Waals surface area contributed by atoms with Crippen LogP contribution in [0.5, 0.6) is 0 Å². The Balaban J connectivity index is 1.85. The van der Waals surface area contributed by atoms with Crippen molar-refractivity contribution in [1.29, 1.82) is 0 Å². The Kier molecular flexibility index (Phi) is 5.94. The molecule has 0 bridgehead atoms. The van der Waals surface area contributed by atoms with Crippen molar-refractivity contribution in [2.75, 3.05) is 26.8 Å². The Hall–Kier alpha value is -0.940. The van der Waals surface area contributed by atoms with Crippen molar-refractivity contribution in [3.63, 3.8) is 0 Å². The third-order valence-electron chi connectivity index (χ3n) is 1.94. The number of methoxy groups -OCH3 is 1. The zero-order valence-corrected chi connectivity index (χ0v) is 8.65. The Morgan fingerprint density at radius 3 is 3.00 bits per heavy atom. The van der Waals surface area contributed by atoms with Gasteiger partial charge >= 0.3 is 0 Å². The van der Waals surface area contributed by atoms with Crippen LogP contribution in [0.15, 0.2) is 12.7 Å². The number of aromatic nitrogens is 3. The first kappa shape index (κ1) is 11.1. The molecular weight excluding hydrogens is 180 g/mol. The second-order valence-electron chi connectivity index (χ2n) is 3.11. The van der Waals surface area contributed by atoms with Crippen LogP contribution >= 0.6 is 0 Å². The average Bonchev–Trinajstić information content (AvgIpc) is 2.69. The number of nitrogens with one attached hydrogen (secondary N) is 1. The van der Waals surface area contributed by atoms with Crippen LogP contribution in [0.2, 0.25) is 0 Å². The summed E-state index contributed by atoms with van der Waals surface area (Å²) in [6, 6.07) is 0. The monoisotopic (exact) mass is 198 g/mol. The van der Waals surface area contributed by atoms with Gasteiger partial charge in [0.2, 0.25) is 0 Å². The van der Waals surface area contributed by atoms with Gasteiger partial charge in [-0.25, -0.2) is 4.98 Å². The number of ether oxygens (including phenoxy) is 1. The van der Waals surface area contributed by atoms with Crippen LogP contribution in [0.25, 0.3) is 0 Å². The first-order valence-corrected chi connectivity index (χ1v) is 4.95. The molecule has 0 aliphatic carbocycles. The molecule has 1 rings (SSSR count). The summed E-state index contributed by atoms with van der Waals surface area (Å²) in [5, 5.41) is 7.32. The quantitative estimate of drug-likeness (QED) is 0.610. The highest BCUT2D eigenvalue weighted by Crippen LogP contribution is 1.91. The van der Waals surface area contributed by atoms with Gasteiger partial charge in [0.1, 0.15) is 12.7 Å². The average molecular weight is 198 g/mol. The van der Waals surface area contributed by atoms with Crippen molar-refractivity contribution in [2.24, 2.45) is 0 Å². The Morgan fingerprint density at radius 2 is 2.29 bits per heavy atom. The minimum absolute atomic E-state index is 0.781. The molecule has 80 valence electrons. The number of unbranched alkanes of at least 4 members (excludes halogenated alkanes) is 1. The van der Waals surface area contributed by atoms with Gasteiger partial charge in [0.15, 0.2) is 0 Å². The van der Waals surface area contributed by atoms with Gasteiger partial charge in [-0.05, 0) is 19.4 Å². The van der Waals surface area contributed by atoms with E-state index in [0.717, 1.165) is 39.1 Å². The van der Waals surface area contributed by atoms with Gasteiger partial charge in [-0.15, -0.1) is 0 Å². The Morgan fingerprint density at radius 1 is 1.36 bits per heavy atom. The minimum Gasteiger partial charge on any atom is -0.383 e. The van der Waals surface area contributed by atoms with Crippen LogP contribution in [0, 0.1) is 0 Å². The highest BCUT2D eigenvalue weighted by Gasteiger charge is 1.91. The fourth-order valence-electron chi connectivity index (χ4n) is 1.17. The summed E-state index contributed by atoms with van der Waals surface area (Å²) in [5.41, 5.74) is 0. The van der Waals surface area contributed by atoms with Crippen molar-refractivity contribution in [2.45, 2.75) is 19.4 Å². The summed E-state index contributed by atoms with van der Waals surface area (Å²) in [6.45, 7) is 3.70. The fraction of sp³-hybridized carbons (Fsp3) is 0.778. The van der Waals surface area contributed by atoms with Crippen molar-refractivity contribution in [3.8, 4) is 0 Å². The van der Waals surface area contributed by atoms with E-state index < -0.39 is 0 Å². The minimum atomic E-state index is 0.781. The molecule has 0 aliphatic rings.